The minimum atomic E-state index is 0.166. The molecule has 0 saturated carbocycles. The second-order valence-corrected chi connectivity index (χ2v) is 5.43. The molecule has 15 heavy (non-hydrogen) atoms. The fourth-order valence-corrected chi connectivity index (χ4v) is 1.92. The molecule has 2 aromatic rings. The van der Waals surface area contributed by atoms with E-state index in [1.54, 1.807) is 11.3 Å². The molecule has 0 aliphatic carbocycles. The first-order valence-electron chi connectivity index (χ1n) is 4.93. The van der Waals surface area contributed by atoms with Crippen LogP contribution in [0.1, 0.15) is 26.3 Å². The maximum atomic E-state index is 4.46. The Morgan fingerprint density at radius 3 is 2.40 bits per heavy atom. The molecular weight excluding hydrogens is 204 g/mol. The first-order valence-corrected chi connectivity index (χ1v) is 5.81. The average Bonchev–Trinajstić information content (AvgIpc) is 2.69. The molecule has 2 aromatic heterocycles. The van der Waals surface area contributed by atoms with Crippen LogP contribution in [0, 0.1) is 0 Å². The quantitative estimate of drug-likeness (QED) is 0.732. The van der Waals surface area contributed by atoms with Crippen LogP contribution in [0.25, 0.3) is 10.6 Å². The summed E-state index contributed by atoms with van der Waals surface area (Å²) in [7, 11) is 0. The minimum Gasteiger partial charge on any atom is -0.255 e. The largest absolute Gasteiger partial charge is 0.255 e. The number of thiazole rings is 1. The lowest BCUT2D eigenvalue weighted by molar-refractivity contribution is 0.587. The molecule has 0 amide bonds. The molecule has 0 aliphatic heterocycles. The Morgan fingerprint density at radius 2 is 1.93 bits per heavy atom. The Balaban J connectivity index is 2.33. The summed E-state index contributed by atoms with van der Waals surface area (Å²) in [6.07, 6.45) is 3.80. The van der Waals surface area contributed by atoms with Gasteiger partial charge in [0.25, 0.3) is 0 Å². The van der Waals surface area contributed by atoms with Gasteiger partial charge in [0.15, 0.2) is 0 Å². The molecule has 0 atom stereocenters. The second kappa shape index (κ2) is 3.74. The van der Waals surface area contributed by atoms with Gasteiger partial charge in [-0.2, -0.15) is 0 Å². The third kappa shape index (κ3) is 2.23. The first kappa shape index (κ1) is 10.3. The van der Waals surface area contributed by atoms with E-state index < -0.39 is 0 Å². The summed E-state index contributed by atoms with van der Waals surface area (Å²) in [6.45, 7) is 6.57. The second-order valence-electron chi connectivity index (χ2n) is 4.55. The van der Waals surface area contributed by atoms with Gasteiger partial charge in [-0.1, -0.05) is 26.8 Å². The summed E-state index contributed by atoms with van der Waals surface area (Å²) >= 11 is 1.62. The Morgan fingerprint density at radius 1 is 1.13 bits per heavy atom. The van der Waals surface area contributed by atoms with E-state index in [-0.39, 0.29) is 5.41 Å². The van der Waals surface area contributed by atoms with E-state index in [9.17, 15) is 0 Å². The van der Waals surface area contributed by atoms with Crippen molar-refractivity contribution in [3.8, 4) is 10.6 Å². The zero-order valence-corrected chi connectivity index (χ0v) is 10.0. The molecule has 2 heterocycles. The normalized spacial score (nSPS) is 11.7. The molecule has 0 saturated heterocycles. The standard InChI is InChI=1S/C12H14N2S/c1-12(2,3)9-4-5-10(14-6-9)11-7-13-8-15-11/h4-8H,1-3H3. The maximum Gasteiger partial charge on any atom is 0.0818 e. The van der Waals surface area contributed by atoms with E-state index in [2.05, 4.69) is 42.9 Å². The van der Waals surface area contributed by atoms with Gasteiger partial charge < -0.3 is 0 Å². The van der Waals surface area contributed by atoms with Crippen LogP contribution >= 0.6 is 11.3 Å². The molecule has 0 aromatic carbocycles. The third-order valence-corrected chi connectivity index (χ3v) is 3.11. The fourth-order valence-electron chi connectivity index (χ4n) is 1.33. The molecule has 0 aliphatic rings. The maximum absolute atomic E-state index is 4.46. The Kier molecular flexibility index (Phi) is 2.57. The Hall–Kier alpha value is -1.22. The topological polar surface area (TPSA) is 25.8 Å². The molecule has 0 spiro atoms. The monoisotopic (exact) mass is 218 g/mol. The van der Waals surface area contributed by atoms with Gasteiger partial charge in [0.05, 0.1) is 16.1 Å². The van der Waals surface area contributed by atoms with Gasteiger partial charge in [-0.15, -0.1) is 11.3 Å². The van der Waals surface area contributed by atoms with Gasteiger partial charge in [0, 0.05) is 12.4 Å². The van der Waals surface area contributed by atoms with Crippen molar-refractivity contribution < 1.29 is 0 Å². The number of hydrogen-bond donors (Lipinski definition) is 0. The lowest BCUT2D eigenvalue weighted by atomic mass is 9.88. The van der Waals surface area contributed by atoms with E-state index in [0.717, 1.165) is 10.6 Å². The number of aromatic nitrogens is 2. The highest BCUT2D eigenvalue weighted by atomic mass is 32.1. The highest BCUT2D eigenvalue weighted by Crippen LogP contribution is 2.25. The Bertz CT molecular complexity index is 424. The van der Waals surface area contributed by atoms with Crippen molar-refractivity contribution in [1.29, 1.82) is 0 Å². The molecule has 3 heteroatoms. The lowest BCUT2D eigenvalue weighted by Gasteiger charge is -2.18. The number of rotatable bonds is 1. The van der Waals surface area contributed by atoms with Crippen LogP contribution in [0.15, 0.2) is 30.0 Å². The van der Waals surface area contributed by atoms with Crippen LogP contribution in [0.3, 0.4) is 0 Å². The van der Waals surface area contributed by atoms with Crippen LogP contribution in [-0.2, 0) is 5.41 Å². The summed E-state index contributed by atoms with van der Waals surface area (Å²) < 4.78 is 0. The molecule has 0 bridgehead atoms. The van der Waals surface area contributed by atoms with E-state index >= 15 is 0 Å². The van der Waals surface area contributed by atoms with Crippen molar-refractivity contribution in [3.05, 3.63) is 35.6 Å². The van der Waals surface area contributed by atoms with Crippen LogP contribution in [0.2, 0.25) is 0 Å². The summed E-state index contributed by atoms with van der Waals surface area (Å²) in [5.41, 5.74) is 4.26. The van der Waals surface area contributed by atoms with Gasteiger partial charge in [-0.3, -0.25) is 9.97 Å². The van der Waals surface area contributed by atoms with Crippen molar-refractivity contribution in [1.82, 2.24) is 9.97 Å². The molecule has 0 unspecified atom stereocenters. The number of nitrogens with zero attached hydrogens (tertiary/aromatic N) is 2. The number of hydrogen-bond acceptors (Lipinski definition) is 3. The molecule has 0 N–H and O–H groups in total. The third-order valence-electron chi connectivity index (χ3n) is 2.31. The van der Waals surface area contributed by atoms with Crippen molar-refractivity contribution in [2.45, 2.75) is 26.2 Å². The van der Waals surface area contributed by atoms with Crippen molar-refractivity contribution >= 4 is 11.3 Å². The van der Waals surface area contributed by atoms with E-state index in [1.807, 2.05) is 17.9 Å². The van der Waals surface area contributed by atoms with Crippen LogP contribution in [0.4, 0.5) is 0 Å². The van der Waals surface area contributed by atoms with Crippen LogP contribution < -0.4 is 0 Å². The summed E-state index contributed by atoms with van der Waals surface area (Å²) in [5.74, 6) is 0. The van der Waals surface area contributed by atoms with Crippen molar-refractivity contribution in [2.24, 2.45) is 0 Å². The highest BCUT2D eigenvalue weighted by Gasteiger charge is 2.13. The van der Waals surface area contributed by atoms with Crippen molar-refractivity contribution in [3.63, 3.8) is 0 Å². The van der Waals surface area contributed by atoms with E-state index in [4.69, 9.17) is 0 Å². The van der Waals surface area contributed by atoms with Crippen molar-refractivity contribution in [2.75, 3.05) is 0 Å². The predicted molar refractivity (Wildman–Crippen MR) is 64.0 cm³/mol. The smallest absolute Gasteiger partial charge is 0.0818 e. The van der Waals surface area contributed by atoms with Gasteiger partial charge in [0.2, 0.25) is 0 Å². The zero-order valence-electron chi connectivity index (χ0n) is 9.19. The van der Waals surface area contributed by atoms with E-state index in [0.29, 0.717) is 0 Å². The summed E-state index contributed by atoms with van der Waals surface area (Å²) in [5, 5.41) is 0. The SMILES string of the molecule is CC(C)(C)c1ccc(-c2cncs2)nc1. The van der Waals surface area contributed by atoms with Gasteiger partial charge >= 0.3 is 0 Å². The number of pyridine rings is 1. The molecule has 78 valence electrons. The highest BCUT2D eigenvalue weighted by molar-refractivity contribution is 7.13. The van der Waals surface area contributed by atoms with Gasteiger partial charge in [0.1, 0.15) is 0 Å². The lowest BCUT2D eigenvalue weighted by Crippen LogP contribution is -2.11. The van der Waals surface area contributed by atoms with Gasteiger partial charge in [-0.05, 0) is 17.0 Å². The molecular formula is C12H14N2S. The molecule has 0 fully saturated rings. The van der Waals surface area contributed by atoms with E-state index in [1.165, 1.54) is 5.56 Å². The molecule has 2 rings (SSSR count). The van der Waals surface area contributed by atoms with Crippen LogP contribution in [0.5, 0.6) is 0 Å². The fraction of sp³-hybridized carbons (Fsp3) is 0.333. The van der Waals surface area contributed by atoms with Gasteiger partial charge in [-0.25, -0.2) is 0 Å². The summed E-state index contributed by atoms with van der Waals surface area (Å²) in [4.78, 5) is 9.63. The zero-order chi connectivity index (χ0) is 10.9. The predicted octanol–water partition coefficient (Wildman–Crippen LogP) is 3.50. The Labute approximate surface area is 94.0 Å². The minimum absolute atomic E-state index is 0.166. The van der Waals surface area contributed by atoms with Crippen LogP contribution in [-0.4, -0.2) is 9.97 Å². The first-order chi connectivity index (χ1) is 7.07. The molecule has 2 nitrogen and oxygen atoms in total. The average molecular weight is 218 g/mol. The molecule has 0 radical (unpaired) electrons. The summed E-state index contributed by atoms with van der Waals surface area (Å²) in [6, 6.07) is 4.20.